The van der Waals surface area contributed by atoms with Gasteiger partial charge < -0.3 is 36.1 Å². The van der Waals surface area contributed by atoms with E-state index in [-0.39, 0.29) is 31.9 Å². The molecule has 276 valence electrons. The molecular formula is C41H46N6O6. The maximum absolute atomic E-state index is 14.2. The molecule has 0 bridgehead atoms. The van der Waals surface area contributed by atoms with E-state index in [0.29, 0.717) is 12.1 Å². The van der Waals surface area contributed by atoms with Gasteiger partial charge in [0.2, 0.25) is 11.8 Å². The smallest absolute Gasteiger partial charge is 0.408 e. The number of hydrogen-bond donors (Lipinski definition) is 6. The van der Waals surface area contributed by atoms with E-state index in [1.165, 1.54) is 6.33 Å². The Bertz CT molecular complexity index is 1930. The molecule has 5 aromatic rings. The summed E-state index contributed by atoms with van der Waals surface area (Å²) in [5.74, 6) is -2.21. The van der Waals surface area contributed by atoms with Crippen molar-refractivity contribution in [2.24, 2.45) is 5.92 Å². The Balaban J connectivity index is 1.35. The van der Waals surface area contributed by atoms with Gasteiger partial charge in [0.05, 0.1) is 18.1 Å². The van der Waals surface area contributed by atoms with E-state index in [2.05, 4.69) is 31.2 Å². The van der Waals surface area contributed by atoms with Crippen LogP contribution < -0.4 is 21.3 Å². The number of fused-ring (bicyclic) bond motifs is 1. The summed E-state index contributed by atoms with van der Waals surface area (Å²) in [5, 5.41) is 24.2. The second-order valence-corrected chi connectivity index (χ2v) is 13.0. The van der Waals surface area contributed by atoms with Crippen molar-refractivity contribution in [3.63, 3.8) is 0 Å². The minimum Gasteiger partial charge on any atom is -0.445 e. The first-order valence-corrected chi connectivity index (χ1v) is 17.7. The molecule has 6 N–H and O–H groups in total. The zero-order chi connectivity index (χ0) is 37.6. The van der Waals surface area contributed by atoms with E-state index in [1.807, 2.05) is 117 Å². The molecule has 0 aliphatic heterocycles. The molecule has 0 saturated heterocycles. The lowest BCUT2D eigenvalue weighted by molar-refractivity contribution is -0.135. The number of nitrogens with one attached hydrogen (secondary N) is 5. The molecule has 0 fully saturated rings. The van der Waals surface area contributed by atoms with Crippen LogP contribution in [0.4, 0.5) is 4.79 Å². The number of alkyl carbamates (subject to hydrolysis) is 1. The SMILES string of the molecule is CCC(C)[C@H](NC(=O)C(Cc1c[nH]cn1)NC(=O)[C@H](Cc1cccc2ccccc12)NC(=O)OCc1ccccc1)[C@H](O)C(=O)NCc1ccccc1. The predicted molar refractivity (Wildman–Crippen MR) is 201 cm³/mol. The third kappa shape index (κ3) is 11.0. The van der Waals surface area contributed by atoms with Crippen LogP contribution in [0, 0.1) is 5.92 Å². The third-order valence-corrected chi connectivity index (χ3v) is 9.21. The Labute approximate surface area is 308 Å². The molecule has 1 aromatic heterocycles. The van der Waals surface area contributed by atoms with Crippen molar-refractivity contribution >= 4 is 34.6 Å². The van der Waals surface area contributed by atoms with Crippen molar-refractivity contribution in [3.05, 3.63) is 138 Å². The topological polar surface area (TPSA) is 175 Å². The molecule has 12 heteroatoms. The van der Waals surface area contributed by atoms with Crippen molar-refractivity contribution in [1.82, 2.24) is 31.2 Å². The van der Waals surface area contributed by atoms with Crippen LogP contribution in [0.2, 0.25) is 0 Å². The number of nitrogens with zero attached hydrogens (tertiary/aromatic N) is 1. The van der Waals surface area contributed by atoms with Gasteiger partial charge in [0.1, 0.15) is 18.7 Å². The minimum absolute atomic E-state index is 0.00226. The van der Waals surface area contributed by atoms with Crippen molar-refractivity contribution in [2.75, 3.05) is 0 Å². The lowest BCUT2D eigenvalue weighted by Crippen LogP contribution is -2.59. The van der Waals surface area contributed by atoms with Crippen molar-refractivity contribution in [3.8, 4) is 0 Å². The monoisotopic (exact) mass is 718 g/mol. The average molecular weight is 719 g/mol. The summed E-state index contributed by atoms with van der Waals surface area (Å²) >= 11 is 0. The third-order valence-electron chi connectivity index (χ3n) is 9.21. The molecule has 0 saturated carbocycles. The molecular weight excluding hydrogens is 672 g/mol. The van der Waals surface area contributed by atoms with Crippen LogP contribution in [-0.4, -0.2) is 63.1 Å². The number of H-pyrrole nitrogens is 1. The summed E-state index contributed by atoms with van der Waals surface area (Å²) in [6.45, 7) is 3.92. The molecule has 53 heavy (non-hydrogen) atoms. The first kappa shape index (κ1) is 38.2. The Morgan fingerprint density at radius 3 is 2.09 bits per heavy atom. The molecule has 4 amide bonds. The van der Waals surface area contributed by atoms with Gasteiger partial charge in [-0.2, -0.15) is 0 Å². The zero-order valence-corrected chi connectivity index (χ0v) is 29.8. The highest BCUT2D eigenvalue weighted by molar-refractivity contribution is 5.93. The quantitative estimate of drug-likeness (QED) is 0.0830. The van der Waals surface area contributed by atoms with E-state index in [1.54, 1.807) is 6.20 Å². The summed E-state index contributed by atoms with van der Waals surface area (Å²) in [7, 11) is 0. The summed E-state index contributed by atoms with van der Waals surface area (Å²) in [6, 6.07) is 28.6. The molecule has 0 radical (unpaired) electrons. The predicted octanol–water partition coefficient (Wildman–Crippen LogP) is 4.34. The molecule has 5 atom stereocenters. The number of aromatic amines is 1. The fourth-order valence-electron chi connectivity index (χ4n) is 6.00. The van der Waals surface area contributed by atoms with Crippen LogP contribution in [0.5, 0.6) is 0 Å². The Hall–Kier alpha value is -6.01. The van der Waals surface area contributed by atoms with Gasteiger partial charge >= 0.3 is 6.09 Å². The van der Waals surface area contributed by atoms with Crippen molar-refractivity contribution in [2.45, 2.75) is 70.5 Å². The second-order valence-electron chi connectivity index (χ2n) is 13.0. The van der Waals surface area contributed by atoms with E-state index in [0.717, 1.165) is 27.5 Å². The second kappa shape index (κ2) is 19.0. The molecule has 0 aliphatic carbocycles. The molecule has 0 aliphatic rings. The molecule has 5 rings (SSSR count). The number of imidazole rings is 1. The summed E-state index contributed by atoms with van der Waals surface area (Å²) < 4.78 is 5.47. The summed E-state index contributed by atoms with van der Waals surface area (Å²) in [6.07, 6.45) is 1.33. The van der Waals surface area contributed by atoms with Crippen LogP contribution in [0.25, 0.3) is 10.8 Å². The van der Waals surface area contributed by atoms with Gasteiger partial charge in [-0.3, -0.25) is 14.4 Å². The highest BCUT2D eigenvalue weighted by Gasteiger charge is 2.35. The number of carbonyl (C=O) groups excluding carboxylic acids is 4. The van der Waals surface area contributed by atoms with E-state index in [9.17, 15) is 24.3 Å². The fourth-order valence-corrected chi connectivity index (χ4v) is 6.00. The maximum atomic E-state index is 14.2. The highest BCUT2D eigenvalue weighted by atomic mass is 16.5. The van der Waals surface area contributed by atoms with Crippen molar-refractivity contribution < 1.29 is 29.0 Å². The molecule has 1 heterocycles. The lowest BCUT2D eigenvalue weighted by Gasteiger charge is -2.30. The van der Waals surface area contributed by atoms with Gasteiger partial charge in [-0.05, 0) is 33.4 Å². The van der Waals surface area contributed by atoms with Gasteiger partial charge in [0.25, 0.3) is 5.91 Å². The van der Waals surface area contributed by atoms with Gasteiger partial charge in [-0.1, -0.05) is 123 Å². The van der Waals surface area contributed by atoms with E-state index < -0.39 is 48.0 Å². The Morgan fingerprint density at radius 1 is 0.755 bits per heavy atom. The standard InChI is InChI=1S/C41H46N6O6/c1-3-27(2)36(37(48)40(51)43-23-28-13-6-4-7-14-28)47-39(50)35(22-32-24-42-26-44-32)45-38(49)34(46-41(52)53-25-29-15-8-5-9-16-29)21-31-19-12-18-30-17-10-11-20-33(30)31/h4-20,24,26-27,34-37,48H,3,21-23,25H2,1-2H3,(H,42,44)(H,43,51)(H,45,49)(H,46,52)(H,47,50)/t27?,34-,35?,36-,37-/m0/s1. The lowest BCUT2D eigenvalue weighted by atomic mass is 9.93. The number of aliphatic hydroxyl groups excluding tert-OH is 1. The molecule has 12 nitrogen and oxygen atoms in total. The van der Waals surface area contributed by atoms with E-state index in [4.69, 9.17) is 4.74 Å². The number of amides is 4. The highest BCUT2D eigenvalue weighted by Crippen LogP contribution is 2.20. The first-order chi connectivity index (χ1) is 25.7. The van der Waals surface area contributed by atoms with Crippen LogP contribution in [-0.2, 0) is 45.1 Å². The number of benzene rings is 4. The normalized spacial score (nSPS) is 13.9. The minimum atomic E-state index is -1.57. The van der Waals surface area contributed by atoms with Crippen molar-refractivity contribution in [1.29, 1.82) is 0 Å². The average Bonchev–Trinajstić information content (AvgIpc) is 3.71. The van der Waals surface area contributed by atoms with E-state index >= 15 is 0 Å². The zero-order valence-electron chi connectivity index (χ0n) is 29.8. The fraction of sp³-hybridized carbons (Fsp3) is 0.293. The van der Waals surface area contributed by atoms with Crippen LogP contribution >= 0.6 is 0 Å². The largest absolute Gasteiger partial charge is 0.445 e. The Morgan fingerprint density at radius 2 is 1.40 bits per heavy atom. The van der Waals surface area contributed by atoms with Crippen LogP contribution in [0.1, 0.15) is 42.7 Å². The summed E-state index contributed by atoms with van der Waals surface area (Å²) in [4.78, 5) is 61.6. The van der Waals surface area contributed by atoms with Crippen LogP contribution in [0.15, 0.2) is 116 Å². The van der Waals surface area contributed by atoms with Crippen LogP contribution in [0.3, 0.4) is 0 Å². The molecule has 0 spiro atoms. The molecule has 4 aromatic carbocycles. The first-order valence-electron chi connectivity index (χ1n) is 17.7. The summed E-state index contributed by atoms with van der Waals surface area (Å²) in [5.41, 5.74) is 2.93. The van der Waals surface area contributed by atoms with Gasteiger partial charge in [-0.25, -0.2) is 9.78 Å². The number of ether oxygens (including phenoxy) is 1. The number of aliphatic hydroxyl groups is 1. The Kier molecular flexibility index (Phi) is 13.7. The number of hydrogen-bond acceptors (Lipinski definition) is 7. The number of rotatable bonds is 17. The van der Waals surface area contributed by atoms with Gasteiger partial charge in [-0.15, -0.1) is 0 Å². The number of carbonyl (C=O) groups is 4. The molecule has 2 unspecified atom stereocenters. The van der Waals surface area contributed by atoms with Gasteiger partial charge in [0, 0.05) is 25.6 Å². The van der Waals surface area contributed by atoms with Gasteiger partial charge in [0.15, 0.2) is 6.10 Å². The maximum Gasteiger partial charge on any atom is 0.408 e. The number of aromatic nitrogens is 2.